The molecule has 0 radical (unpaired) electrons. The molecule has 5 heteroatoms. The lowest BCUT2D eigenvalue weighted by atomic mass is 10.2. The zero-order valence-corrected chi connectivity index (χ0v) is 6.31. The summed E-state index contributed by atoms with van der Waals surface area (Å²) in [5.41, 5.74) is -0.693. The maximum absolute atomic E-state index is 12.0. The Morgan fingerprint density at radius 1 is 1.42 bits per heavy atom. The topological polar surface area (TPSA) is 24.9 Å². The summed E-state index contributed by atoms with van der Waals surface area (Å²) in [6.07, 6.45) is -3.18. The van der Waals surface area contributed by atoms with Crippen LogP contribution in [0.2, 0.25) is 0 Å². The van der Waals surface area contributed by atoms with Crippen LogP contribution in [-0.4, -0.2) is 12.0 Å². The fourth-order valence-corrected chi connectivity index (χ4v) is 0.744. The average Bonchev–Trinajstić information content (AvgIpc) is 2.03. The number of rotatable bonds is 1. The number of alkyl halides is 3. The summed E-state index contributed by atoms with van der Waals surface area (Å²) in [6, 6.07) is 1.89. The van der Waals surface area contributed by atoms with Gasteiger partial charge < -0.3 is 5.32 Å². The van der Waals surface area contributed by atoms with E-state index < -0.39 is 11.7 Å². The van der Waals surface area contributed by atoms with E-state index >= 15 is 0 Å². The predicted octanol–water partition coefficient (Wildman–Crippen LogP) is 2.14. The molecule has 12 heavy (non-hydrogen) atoms. The zero-order chi connectivity index (χ0) is 9.19. The van der Waals surface area contributed by atoms with Crippen LogP contribution in [0.15, 0.2) is 18.3 Å². The Bertz CT molecular complexity index is 270. The first-order valence-electron chi connectivity index (χ1n) is 3.25. The van der Waals surface area contributed by atoms with Crippen molar-refractivity contribution in [1.82, 2.24) is 4.98 Å². The van der Waals surface area contributed by atoms with Crippen LogP contribution in [0.25, 0.3) is 0 Å². The molecule has 0 unspecified atom stereocenters. The summed E-state index contributed by atoms with van der Waals surface area (Å²) in [6.45, 7) is 0. The Labute approximate surface area is 67.4 Å². The zero-order valence-electron chi connectivity index (χ0n) is 6.31. The molecule has 0 saturated heterocycles. The van der Waals surface area contributed by atoms with Gasteiger partial charge in [0.15, 0.2) is 0 Å². The summed E-state index contributed by atoms with van der Waals surface area (Å²) < 4.78 is 36.1. The lowest BCUT2D eigenvalue weighted by Crippen LogP contribution is -2.05. The van der Waals surface area contributed by atoms with E-state index in [1.165, 1.54) is 7.05 Å². The van der Waals surface area contributed by atoms with Crippen molar-refractivity contribution in [2.45, 2.75) is 6.18 Å². The predicted molar refractivity (Wildman–Crippen MR) is 38.8 cm³/mol. The van der Waals surface area contributed by atoms with Crippen molar-refractivity contribution in [3.8, 4) is 0 Å². The van der Waals surface area contributed by atoms with Crippen molar-refractivity contribution in [1.29, 1.82) is 0 Å². The molecule has 0 fully saturated rings. The van der Waals surface area contributed by atoms with Crippen molar-refractivity contribution in [2.75, 3.05) is 12.4 Å². The summed E-state index contributed by atoms with van der Waals surface area (Å²) in [5, 5.41) is 2.53. The summed E-state index contributed by atoms with van der Waals surface area (Å²) in [5.74, 6) is 0.213. The molecule has 0 aromatic carbocycles. The SMILES string of the molecule is CNc1cc(C(F)(F)F)ccn1. The fraction of sp³-hybridized carbons (Fsp3) is 0.286. The Morgan fingerprint density at radius 2 is 2.08 bits per heavy atom. The highest BCUT2D eigenvalue weighted by atomic mass is 19.4. The largest absolute Gasteiger partial charge is 0.416 e. The van der Waals surface area contributed by atoms with Crippen LogP contribution in [0.5, 0.6) is 0 Å². The smallest absolute Gasteiger partial charge is 0.373 e. The highest BCUT2D eigenvalue weighted by Crippen LogP contribution is 2.29. The third kappa shape index (κ3) is 1.87. The summed E-state index contributed by atoms with van der Waals surface area (Å²) >= 11 is 0. The van der Waals surface area contributed by atoms with Gasteiger partial charge >= 0.3 is 6.18 Å². The Morgan fingerprint density at radius 3 is 2.58 bits per heavy atom. The Balaban J connectivity index is 3.02. The molecule has 0 atom stereocenters. The molecule has 1 aromatic rings. The van der Waals surface area contributed by atoms with Gasteiger partial charge in [-0.05, 0) is 12.1 Å². The van der Waals surface area contributed by atoms with Gasteiger partial charge in [-0.15, -0.1) is 0 Å². The minimum Gasteiger partial charge on any atom is -0.373 e. The van der Waals surface area contributed by atoms with Crippen LogP contribution in [0.4, 0.5) is 19.0 Å². The van der Waals surface area contributed by atoms with Gasteiger partial charge in [0.2, 0.25) is 0 Å². The van der Waals surface area contributed by atoms with E-state index in [4.69, 9.17) is 0 Å². The molecular weight excluding hydrogens is 169 g/mol. The van der Waals surface area contributed by atoms with E-state index in [0.29, 0.717) is 0 Å². The molecule has 0 saturated carbocycles. The number of anilines is 1. The van der Waals surface area contributed by atoms with Crippen molar-refractivity contribution < 1.29 is 13.2 Å². The lowest BCUT2D eigenvalue weighted by Gasteiger charge is -2.06. The minimum absolute atomic E-state index is 0.213. The molecular formula is C7H7F3N2. The Kier molecular flexibility index (Phi) is 2.21. The van der Waals surface area contributed by atoms with E-state index in [0.717, 1.165) is 18.3 Å². The minimum atomic E-state index is -4.30. The quantitative estimate of drug-likeness (QED) is 0.709. The van der Waals surface area contributed by atoms with Crippen LogP contribution >= 0.6 is 0 Å². The number of hydrogen-bond acceptors (Lipinski definition) is 2. The highest BCUT2D eigenvalue weighted by molar-refractivity contribution is 5.37. The molecule has 1 N–H and O–H groups in total. The molecule has 66 valence electrons. The average molecular weight is 176 g/mol. The number of halogens is 3. The van der Waals surface area contributed by atoms with Crippen molar-refractivity contribution in [3.05, 3.63) is 23.9 Å². The van der Waals surface area contributed by atoms with Gasteiger partial charge in [0.05, 0.1) is 5.56 Å². The van der Waals surface area contributed by atoms with Crippen LogP contribution in [0, 0.1) is 0 Å². The number of pyridine rings is 1. The molecule has 0 aliphatic rings. The molecule has 1 rings (SSSR count). The highest BCUT2D eigenvalue weighted by Gasteiger charge is 2.30. The summed E-state index contributed by atoms with van der Waals surface area (Å²) in [7, 11) is 1.52. The van der Waals surface area contributed by atoms with Gasteiger partial charge in [-0.3, -0.25) is 0 Å². The molecule has 2 nitrogen and oxygen atoms in total. The van der Waals surface area contributed by atoms with Gasteiger partial charge in [-0.25, -0.2) is 4.98 Å². The standard InChI is InChI=1S/C7H7F3N2/c1-11-6-4-5(2-3-12-6)7(8,9)10/h2-4H,1H3,(H,11,12). The van der Waals surface area contributed by atoms with Gasteiger partial charge in [0, 0.05) is 13.2 Å². The molecule has 1 aromatic heterocycles. The second-order valence-corrected chi connectivity index (χ2v) is 2.18. The van der Waals surface area contributed by atoms with E-state index in [-0.39, 0.29) is 5.82 Å². The third-order valence-electron chi connectivity index (χ3n) is 1.34. The van der Waals surface area contributed by atoms with Gasteiger partial charge in [-0.1, -0.05) is 0 Å². The number of aromatic nitrogens is 1. The summed E-state index contributed by atoms with van der Waals surface area (Å²) in [4.78, 5) is 3.66. The van der Waals surface area contributed by atoms with Crippen molar-refractivity contribution in [2.24, 2.45) is 0 Å². The van der Waals surface area contributed by atoms with Crippen LogP contribution in [0.3, 0.4) is 0 Å². The van der Waals surface area contributed by atoms with E-state index in [2.05, 4.69) is 10.3 Å². The van der Waals surface area contributed by atoms with Crippen LogP contribution < -0.4 is 5.32 Å². The number of nitrogens with one attached hydrogen (secondary N) is 1. The first kappa shape index (κ1) is 8.83. The maximum atomic E-state index is 12.0. The van der Waals surface area contributed by atoms with Gasteiger partial charge in [0.25, 0.3) is 0 Å². The number of nitrogens with zero attached hydrogens (tertiary/aromatic N) is 1. The van der Waals surface area contributed by atoms with E-state index in [1.54, 1.807) is 0 Å². The molecule has 0 aliphatic carbocycles. The Hall–Kier alpha value is -1.26. The second kappa shape index (κ2) is 3.00. The van der Waals surface area contributed by atoms with E-state index in [1.807, 2.05) is 0 Å². The van der Waals surface area contributed by atoms with Crippen molar-refractivity contribution in [3.63, 3.8) is 0 Å². The van der Waals surface area contributed by atoms with E-state index in [9.17, 15) is 13.2 Å². The maximum Gasteiger partial charge on any atom is 0.416 e. The molecule has 1 heterocycles. The molecule has 0 amide bonds. The fourth-order valence-electron chi connectivity index (χ4n) is 0.744. The molecule has 0 spiro atoms. The van der Waals surface area contributed by atoms with Gasteiger partial charge in [-0.2, -0.15) is 13.2 Å². The first-order chi connectivity index (χ1) is 5.54. The monoisotopic (exact) mass is 176 g/mol. The second-order valence-electron chi connectivity index (χ2n) is 2.18. The van der Waals surface area contributed by atoms with Crippen molar-refractivity contribution >= 4 is 5.82 Å². The number of hydrogen-bond donors (Lipinski definition) is 1. The van der Waals surface area contributed by atoms with Crippen LogP contribution in [0.1, 0.15) is 5.56 Å². The van der Waals surface area contributed by atoms with Crippen LogP contribution in [-0.2, 0) is 6.18 Å². The van der Waals surface area contributed by atoms with Gasteiger partial charge in [0.1, 0.15) is 5.82 Å². The normalized spacial score (nSPS) is 11.3. The molecule has 0 bridgehead atoms. The lowest BCUT2D eigenvalue weighted by molar-refractivity contribution is -0.137. The first-order valence-corrected chi connectivity index (χ1v) is 3.25. The molecule has 0 aliphatic heterocycles. The third-order valence-corrected chi connectivity index (χ3v) is 1.34.